The molecule has 0 N–H and O–H groups in total. The number of carbonyl (C=O) groups is 1. The van der Waals surface area contributed by atoms with Crippen LogP contribution >= 0.6 is 0 Å². The summed E-state index contributed by atoms with van der Waals surface area (Å²) in [6.45, 7) is 5.64. The second-order valence-electron chi connectivity index (χ2n) is 6.95. The number of pyridine rings is 2. The van der Waals surface area contributed by atoms with Crippen LogP contribution in [0.4, 0.5) is 0 Å². The summed E-state index contributed by atoms with van der Waals surface area (Å²) in [5.74, 6) is -0.455. The number of ether oxygens (including phenoxy) is 1. The highest BCUT2D eigenvalue weighted by Crippen LogP contribution is 2.24. The van der Waals surface area contributed by atoms with Crippen molar-refractivity contribution in [2.75, 3.05) is 0 Å². The van der Waals surface area contributed by atoms with Crippen molar-refractivity contribution in [3.63, 3.8) is 0 Å². The summed E-state index contributed by atoms with van der Waals surface area (Å²) in [7, 11) is 0. The van der Waals surface area contributed by atoms with E-state index < -0.39 is 5.97 Å². The molecule has 0 aliphatic carbocycles. The van der Waals surface area contributed by atoms with Crippen LogP contribution in [0.25, 0.3) is 16.6 Å². The summed E-state index contributed by atoms with van der Waals surface area (Å²) >= 11 is 0. The van der Waals surface area contributed by atoms with Gasteiger partial charge in [-0.15, -0.1) is 0 Å². The Morgan fingerprint density at radius 2 is 1.86 bits per heavy atom. The maximum absolute atomic E-state index is 12.9. The fourth-order valence-electron chi connectivity index (χ4n) is 3.62. The minimum absolute atomic E-state index is 0.0755. The van der Waals surface area contributed by atoms with Crippen molar-refractivity contribution >= 4 is 22.5 Å². The first kappa shape index (κ1) is 18.8. The lowest BCUT2D eigenvalue weighted by Gasteiger charge is -2.13. The van der Waals surface area contributed by atoms with Crippen molar-refractivity contribution in [3.8, 4) is 0 Å². The lowest BCUT2D eigenvalue weighted by atomic mass is 10.0. The van der Waals surface area contributed by atoms with Gasteiger partial charge in [-0.1, -0.05) is 31.2 Å². The Labute approximate surface area is 167 Å². The minimum Gasteiger partial charge on any atom is -0.456 e. The first-order valence-electron chi connectivity index (χ1n) is 9.53. The van der Waals surface area contributed by atoms with E-state index in [1.54, 1.807) is 6.07 Å². The van der Waals surface area contributed by atoms with Gasteiger partial charge in [0, 0.05) is 17.1 Å². The van der Waals surface area contributed by atoms with Crippen molar-refractivity contribution < 1.29 is 9.53 Å². The van der Waals surface area contributed by atoms with Gasteiger partial charge in [0.2, 0.25) is 0 Å². The Kier molecular flexibility index (Phi) is 4.84. The molecule has 0 saturated heterocycles. The molecule has 0 bridgehead atoms. The predicted octanol–water partition coefficient (Wildman–Crippen LogP) is 3.78. The maximum Gasteiger partial charge on any atom is 0.340 e. The highest BCUT2D eigenvalue weighted by Gasteiger charge is 2.19. The summed E-state index contributed by atoms with van der Waals surface area (Å²) in [4.78, 5) is 34.4. The van der Waals surface area contributed by atoms with E-state index in [1.807, 2.05) is 57.2 Å². The molecule has 4 aromatic rings. The van der Waals surface area contributed by atoms with Crippen molar-refractivity contribution in [3.05, 3.63) is 87.1 Å². The lowest BCUT2D eigenvalue weighted by molar-refractivity contribution is 0.0465. The van der Waals surface area contributed by atoms with Crippen molar-refractivity contribution in [2.45, 2.75) is 33.8 Å². The first-order chi connectivity index (χ1) is 14.0. The second-order valence-corrected chi connectivity index (χ2v) is 6.95. The van der Waals surface area contributed by atoms with E-state index in [9.17, 15) is 9.59 Å². The quantitative estimate of drug-likeness (QED) is 0.498. The van der Waals surface area contributed by atoms with Crippen LogP contribution < -0.4 is 5.56 Å². The third-order valence-corrected chi connectivity index (χ3v) is 5.05. The zero-order chi connectivity index (χ0) is 20.5. The number of para-hydroxylation sites is 1. The van der Waals surface area contributed by atoms with Gasteiger partial charge >= 0.3 is 5.97 Å². The number of carbonyl (C=O) groups excluding carboxylic acids is 1. The van der Waals surface area contributed by atoms with Crippen LogP contribution in [0.2, 0.25) is 0 Å². The molecule has 146 valence electrons. The van der Waals surface area contributed by atoms with Crippen LogP contribution in [0.5, 0.6) is 0 Å². The fraction of sp³-hybridized carbons (Fsp3) is 0.217. The van der Waals surface area contributed by atoms with Gasteiger partial charge < -0.3 is 4.74 Å². The average molecular weight is 387 g/mol. The van der Waals surface area contributed by atoms with Gasteiger partial charge in [-0.05, 0) is 44.0 Å². The summed E-state index contributed by atoms with van der Waals surface area (Å²) in [5.41, 5.74) is 4.44. The van der Waals surface area contributed by atoms with Gasteiger partial charge in [-0.2, -0.15) is 0 Å². The number of hydrogen-bond acceptors (Lipinski definition) is 5. The van der Waals surface area contributed by atoms with Gasteiger partial charge in [0.05, 0.1) is 22.5 Å². The molecule has 0 amide bonds. The molecule has 0 radical (unpaired) electrons. The maximum atomic E-state index is 12.9. The number of aryl methyl sites for hydroxylation is 3. The van der Waals surface area contributed by atoms with Crippen molar-refractivity contribution in [1.82, 2.24) is 14.4 Å². The topological polar surface area (TPSA) is 73.6 Å². The Hall–Kier alpha value is -3.54. The molecule has 0 aliphatic rings. The van der Waals surface area contributed by atoms with E-state index in [2.05, 4.69) is 9.97 Å². The molecular weight excluding hydrogens is 366 g/mol. The van der Waals surface area contributed by atoms with E-state index in [4.69, 9.17) is 4.74 Å². The minimum atomic E-state index is -0.455. The van der Waals surface area contributed by atoms with Gasteiger partial charge in [0.25, 0.3) is 5.56 Å². The summed E-state index contributed by atoms with van der Waals surface area (Å²) in [5, 5.41) is 0.925. The molecule has 3 heterocycles. The van der Waals surface area contributed by atoms with Gasteiger partial charge in [-0.25, -0.2) is 9.78 Å². The SMILES string of the molecule is CCc1nc2ccccc2c(C)c1C(=O)OCc1cc(=O)n2c(C)cccc2n1. The van der Waals surface area contributed by atoms with Crippen LogP contribution in [-0.4, -0.2) is 20.3 Å². The van der Waals surface area contributed by atoms with E-state index in [0.717, 1.165) is 22.2 Å². The van der Waals surface area contributed by atoms with Gasteiger partial charge in [-0.3, -0.25) is 14.2 Å². The number of esters is 1. The highest BCUT2D eigenvalue weighted by molar-refractivity contribution is 5.98. The average Bonchev–Trinajstić information content (AvgIpc) is 2.71. The van der Waals surface area contributed by atoms with E-state index in [-0.39, 0.29) is 12.2 Å². The van der Waals surface area contributed by atoms with Crippen LogP contribution in [0.15, 0.2) is 53.3 Å². The van der Waals surface area contributed by atoms with Crippen molar-refractivity contribution in [1.29, 1.82) is 0 Å². The number of aromatic nitrogens is 3. The predicted molar refractivity (Wildman–Crippen MR) is 111 cm³/mol. The zero-order valence-corrected chi connectivity index (χ0v) is 16.6. The first-order valence-corrected chi connectivity index (χ1v) is 9.53. The fourth-order valence-corrected chi connectivity index (χ4v) is 3.62. The molecular formula is C23H21N3O3. The third-order valence-electron chi connectivity index (χ3n) is 5.05. The molecule has 1 aromatic carbocycles. The highest BCUT2D eigenvalue weighted by atomic mass is 16.5. The van der Waals surface area contributed by atoms with Crippen molar-refractivity contribution in [2.24, 2.45) is 0 Å². The zero-order valence-electron chi connectivity index (χ0n) is 16.6. The molecule has 0 aliphatic heterocycles. The third kappa shape index (κ3) is 3.38. The second kappa shape index (κ2) is 7.47. The van der Waals surface area contributed by atoms with Gasteiger partial charge in [0.15, 0.2) is 0 Å². The molecule has 6 heteroatoms. The number of benzene rings is 1. The molecule has 0 fully saturated rings. The van der Waals surface area contributed by atoms with Crippen LogP contribution in [0, 0.1) is 13.8 Å². The number of rotatable bonds is 4. The molecule has 3 aromatic heterocycles. The number of fused-ring (bicyclic) bond motifs is 2. The molecule has 0 unspecified atom stereocenters. The Bertz CT molecular complexity index is 1310. The monoisotopic (exact) mass is 387 g/mol. The molecule has 0 spiro atoms. The standard InChI is InChI=1S/C23H21N3O3/c1-4-18-22(15(3)17-9-5-6-10-19(17)25-18)23(28)29-13-16-12-21(27)26-14(2)8-7-11-20(26)24-16/h5-12H,4,13H2,1-3H3. The summed E-state index contributed by atoms with van der Waals surface area (Å²) in [6.07, 6.45) is 0.616. The normalized spacial score (nSPS) is 11.1. The molecule has 0 saturated carbocycles. The molecule has 6 nitrogen and oxygen atoms in total. The summed E-state index contributed by atoms with van der Waals surface area (Å²) < 4.78 is 7.06. The Morgan fingerprint density at radius 3 is 2.66 bits per heavy atom. The van der Waals surface area contributed by atoms with Crippen LogP contribution in [-0.2, 0) is 17.8 Å². The van der Waals surface area contributed by atoms with Crippen LogP contribution in [0.1, 0.15) is 39.9 Å². The van der Waals surface area contributed by atoms with Crippen LogP contribution in [0.3, 0.4) is 0 Å². The molecule has 0 atom stereocenters. The Morgan fingerprint density at radius 1 is 1.07 bits per heavy atom. The molecule has 29 heavy (non-hydrogen) atoms. The van der Waals surface area contributed by atoms with E-state index in [0.29, 0.717) is 29.0 Å². The largest absolute Gasteiger partial charge is 0.456 e. The van der Waals surface area contributed by atoms with E-state index in [1.165, 1.54) is 10.5 Å². The lowest BCUT2D eigenvalue weighted by Crippen LogP contribution is -2.19. The summed E-state index contributed by atoms with van der Waals surface area (Å²) in [6, 6.07) is 14.6. The molecule has 4 rings (SSSR count). The number of hydrogen-bond donors (Lipinski definition) is 0. The van der Waals surface area contributed by atoms with Gasteiger partial charge in [0.1, 0.15) is 12.3 Å². The Balaban J connectivity index is 1.66. The van der Waals surface area contributed by atoms with E-state index >= 15 is 0 Å². The smallest absolute Gasteiger partial charge is 0.340 e. The number of nitrogens with zero attached hydrogens (tertiary/aromatic N) is 3.